The second-order valence-electron chi connectivity index (χ2n) is 3.90. The molecule has 0 unspecified atom stereocenters. The summed E-state index contributed by atoms with van der Waals surface area (Å²) in [5.74, 6) is 1.48. The van der Waals surface area contributed by atoms with Crippen LogP contribution in [-0.4, -0.2) is 23.1 Å². The van der Waals surface area contributed by atoms with Gasteiger partial charge >= 0.3 is 0 Å². The Morgan fingerprint density at radius 2 is 1.94 bits per heavy atom. The van der Waals surface area contributed by atoms with Crippen LogP contribution in [0.25, 0.3) is 0 Å². The molecule has 0 bridgehead atoms. The third-order valence-electron chi connectivity index (χ3n) is 2.77. The van der Waals surface area contributed by atoms with E-state index >= 15 is 0 Å². The van der Waals surface area contributed by atoms with Crippen LogP contribution in [0.3, 0.4) is 0 Å². The van der Waals surface area contributed by atoms with Crippen molar-refractivity contribution in [2.24, 2.45) is 0 Å². The Morgan fingerprint density at radius 1 is 1.19 bits per heavy atom. The molecule has 1 N–H and O–H groups in total. The highest BCUT2D eigenvalue weighted by molar-refractivity contribution is 5.50. The lowest BCUT2D eigenvalue weighted by Crippen LogP contribution is -2.24. The summed E-state index contributed by atoms with van der Waals surface area (Å²) in [5, 5.41) is 11.1. The van der Waals surface area contributed by atoms with E-state index in [1.165, 1.54) is 32.0 Å². The minimum Gasteiger partial charge on any atom is -0.356 e. The minimum atomic E-state index is 0.566. The zero-order chi connectivity index (χ0) is 11.2. The van der Waals surface area contributed by atoms with Gasteiger partial charge in [-0.05, 0) is 12.8 Å². The van der Waals surface area contributed by atoms with Crippen LogP contribution in [0, 0.1) is 11.5 Å². The Kier molecular flexibility index (Phi) is 3.54. The first kappa shape index (κ1) is 10.7. The van der Waals surface area contributed by atoms with Gasteiger partial charge in [0.2, 0.25) is 0 Å². The predicted octanol–water partition coefficient (Wildman–Crippen LogP) is 1.75. The van der Waals surface area contributed by atoms with Crippen molar-refractivity contribution in [3.05, 3.63) is 12.4 Å². The van der Waals surface area contributed by atoms with E-state index in [1.54, 1.807) is 0 Å². The largest absolute Gasteiger partial charge is 0.356 e. The molecule has 0 spiro atoms. The third kappa shape index (κ3) is 2.60. The zero-order valence-corrected chi connectivity index (χ0v) is 9.19. The summed E-state index contributed by atoms with van der Waals surface area (Å²) in [6, 6.07) is 1.83. The molecular weight excluding hydrogens is 202 g/mol. The van der Waals surface area contributed by atoms with Crippen LogP contribution in [0.5, 0.6) is 0 Å². The van der Waals surface area contributed by atoms with Crippen molar-refractivity contribution >= 4 is 11.6 Å². The van der Waals surface area contributed by atoms with Crippen LogP contribution in [0.2, 0.25) is 0 Å². The van der Waals surface area contributed by atoms with Gasteiger partial charge in [-0.3, -0.25) is 5.32 Å². The normalized spacial score (nSPS) is 16.3. The van der Waals surface area contributed by atoms with Crippen LogP contribution in [0.4, 0.5) is 11.6 Å². The topological polar surface area (TPSA) is 64.8 Å². The Hall–Kier alpha value is -1.83. The van der Waals surface area contributed by atoms with E-state index in [-0.39, 0.29) is 0 Å². The standard InChI is InChI=1S/C11H15N5/c12-8-13-10-7-11(15-9-14-10)16-5-3-1-2-4-6-16/h7,9H,1-6H2,(H,13,14,15). The van der Waals surface area contributed by atoms with E-state index in [2.05, 4.69) is 20.2 Å². The Morgan fingerprint density at radius 3 is 2.62 bits per heavy atom. The lowest BCUT2D eigenvalue weighted by molar-refractivity contribution is 0.726. The van der Waals surface area contributed by atoms with Gasteiger partial charge in [-0.1, -0.05) is 12.8 Å². The monoisotopic (exact) mass is 217 g/mol. The fourth-order valence-electron chi connectivity index (χ4n) is 1.95. The van der Waals surface area contributed by atoms with Gasteiger partial charge in [-0.2, -0.15) is 5.26 Å². The van der Waals surface area contributed by atoms with Gasteiger partial charge in [-0.15, -0.1) is 0 Å². The van der Waals surface area contributed by atoms with E-state index < -0.39 is 0 Å². The molecular formula is C11H15N5. The van der Waals surface area contributed by atoms with Crippen molar-refractivity contribution in [3.63, 3.8) is 0 Å². The van der Waals surface area contributed by atoms with Crippen LogP contribution in [-0.2, 0) is 0 Å². The summed E-state index contributed by atoms with van der Waals surface area (Å²) >= 11 is 0. The summed E-state index contributed by atoms with van der Waals surface area (Å²) in [5.41, 5.74) is 0. The van der Waals surface area contributed by atoms with Crippen LogP contribution < -0.4 is 10.2 Å². The molecule has 1 aliphatic heterocycles. The zero-order valence-electron chi connectivity index (χ0n) is 9.19. The second-order valence-corrected chi connectivity index (χ2v) is 3.90. The first-order valence-electron chi connectivity index (χ1n) is 5.62. The fraction of sp³-hybridized carbons (Fsp3) is 0.545. The van der Waals surface area contributed by atoms with E-state index in [4.69, 9.17) is 5.26 Å². The summed E-state index contributed by atoms with van der Waals surface area (Å²) in [4.78, 5) is 10.5. The second kappa shape index (κ2) is 5.31. The number of nitrogens with one attached hydrogen (secondary N) is 1. The SMILES string of the molecule is N#CNc1cc(N2CCCCCC2)ncn1. The van der Waals surface area contributed by atoms with Gasteiger partial charge in [0.1, 0.15) is 18.0 Å². The smallest absolute Gasteiger partial charge is 0.182 e. The first-order valence-corrected chi connectivity index (χ1v) is 5.62. The molecule has 16 heavy (non-hydrogen) atoms. The van der Waals surface area contributed by atoms with E-state index in [1.807, 2.05) is 12.3 Å². The van der Waals surface area contributed by atoms with Crippen molar-refractivity contribution in [2.75, 3.05) is 23.3 Å². The van der Waals surface area contributed by atoms with Crippen molar-refractivity contribution in [1.82, 2.24) is 9.97 Å². The van der Waals surface area contributed by atoms with Gasteiger partial charge in [0.25, 0.3) is 0 Å². The van der Waals surface area contributed by atoms with Gasteiger partial charge in [-0.25, -0.2) is 9.97 Å². The van der Waals surface area contributed by atoms with E-state index in [9.17, 15) is 0 Å². The molecule has 1 saturated heterocycles. The van der Waals surface area contributed by atoms with Crippen molar-refractivity contribution in [2.45, 2.75) is 25.7 Å². The highest BCUT2D eigenvalue weighted by Crippen LogP contribution is 2.18. The predicted molar refractivity (Wildman–Crippen MR) is 61.9 cm³/mol. The number of nitriles is 1. The Bertz CT molecular complexity index is 376. The van der Waals surface area contributed by atoms with Crippen molar-refractivity contribution < 1.29 is 0 Å². The highest BCUT2D eigenvalue weighted by Gasteiger charge is 2.11. The number of rotatable bonds is 2. The molecule has 1 aromatic heterocycles. The van der Waals surface area contributed by atoms with Gasteiger partial charge < -0.3 is 4.90 Å². The molecule has 1 aromatic rings. The third-order valence-corrected chi connectivity index (χ3v) is 2.77. The molecule has 2 rings (SSSR count). The quantitative estimate of drug-likeness (QED) is 0.604. The highest BCUT2D eigenvalue weighted by atomic mass is 15.2. The molecule has 0 radical (unpaired) electrons. The summed E-state index contributed by atoms with van der Waals surface area (Å²) < 4.78 is 0. The van der Waals surface area contributed by atoms with Crippen molar-refractivity contribution in [3.8, 4) is 6.19 Å². The fourth-order valence-corrected chi connectivity index (χ4v) is 1.95. The van der Waals surface area contributed by atoms with Crippen LogP contribution in [0.1, 0.15) is 25.7 Å². The minimum absolute atomic E-state index is 0.566. The summed E-state index contributed by atoms with van der Waals surface area (Å²) in [7, 11) is 0. The lowest BCUT2D eigenvalue weighted by atomic mass is 10.2. The first-order chi connectivity index (χ1) is 7.90. The summed E-state index contributed by atoms with van der Waals surface area (Å²) in [6.45, 7) is 2.09. The maximum atomic E-state index is 8.53. The molecule has 1 aliphatic rings. The number of anilines is 2. The molecule has 1 fully saturated rings. The molecule has 0 aromatic carbocycles. The number of nitrogens with zero attached hydrogens (tertiary/aromatic N) is 4. The van der Waals surface area contributed by atoms with Crippen molar-refractivity contribution in [1.29, 1.82) is 5.26 Å². The molecule has 2 heterocycles. The van der Waals surface area contributed by atoms with Crippen LogP contribution >= 0.6 is 0 Å². The maximum Gasteiger partial charge on any atom is 0.182 e. The van der Waals surface area contributed by atoms with Gasteiger partial charge in [0.15, 0.2) is 6.19 Å². The Balaban J connectivity index is 2.12. The van der Waals surface area contributed by atoms with Gasteiger partial charge in [0.05, 0.1) is 0 Å². The molecule has 0 saturated carbocycles. The Labute approximate surface area is 95.1 Å². The maximum absolute atomic E-state index is 8.53. The molecule has 5 nitrogen and oxygen atoms in total. The number of hydrogen-bond acceptors (Lipinski definition) is 5. The molecule has 5 heteroatoms. The average Bonchev–Trinajstić information content (AvgIpc) is 2.58. The molecule has 84 valence electrons. The molecule has 0 atom stereocenters. The average molecular weight is 217 g/mol. The van der Waals surface area contributed by atoms with E-state index in [0.29, 0.717) is 5.82 Å². The van der Waals surface area contributed by atoms with Crippen LogP contribution in [0.15, 0.2) is 12.4 Å². The van der Waals surface area contributed by atoms with Gasteiger partial charge in [0, 0.05) is 19.2 Å². The number of hydrogen-bond donors (Lipinski definition) is 1. The van der Waals surface area contributed by atoms with E-state index in [0.717, 1.165) is 18.9 Å². The molecule has 0 amide bonds. The lowest BCUT2D eigenvalue weighted by Gasteiger charge is -2.21. The number of aromatic nitrogens is 2. The molecule has 0 aliphatic carbocycles. The summed E-state index contributed by atoms with van der Waals surface area (Å²) in [6.07, 6.45) is 8.39.